The second-order valence-corrected chi connectivity index (χ2v) is 3.59. The summed E-state index contributed by atoms with van der Waals surface area (Å²) in [6.07, 6.45) is 3.94. The third kappa shape index (κ3) is 5.97. The van der Waals surface area contributed by atoms with E-state index in [1.165, 1.54) is 0 Å². The van der Waals surface area contributed by atoms with Gasteiger partial charge in [0.25, 0.3) is 0 Å². The molecule has 0 aliphatic carbocycles. The van der Waals surface area contributed by atoms with Crippen molar-refractivity contribution >= 4 is 5.91 Å². The van der Waals surface area contributed by atoms with E-state index in [2.05, 4.69) is 19.2 Å². The SMILES string of the molecule is CCCCN(CCC)C(=O)CCNC. The van der Waals surface area contributed by atoms with Gasteiger partial charge in [0, 0.05) is 26.1 Å². The van der Waals surface area contributed by atoms with Crippen LogP contribution in [0.3, 0.4) is 0 Å². The van der Waals surface area contributed by atoms with Gasteiger partial charge in [-0.2, -0.15) is 0 Å². The summed E-state index contributed by atoms with van der Waals surface area (Å²) in [5.74, 6) is 0.287. The predicted molar refractivity (Wildman–Crippen MR) is 60.3 cm³/mol. The van der Waals surface area contributed by atoms with Gasteiger partial charge < -0.3 is 10.2 Å². The van der Waals surface area contributed by atoms with Crippen LogP contribution in [0.2, 0.25) is 0 Å². The summed E-state index contributed by atoms with van der Waals surface area (Å²) in [7, 11) is 1.88. The monoisotopic (exact) mass is 200 g/mol. The topological polar surface area (TPSA) is 32.3 Å². The van der Waals surface area contributed by atoms with Gasteiger partial charge in [-0.3, -0.25) is 4.79 Å². The van der Waals surface area contributed by atoms with Crippen LogP contribution in [0, 0.1) is 0 Å². The van der Waals surface area contributed by atoms with Gasteiger partial charge in [-0.25, -0.2) is 0 Å². The van der Waals surface area contributed by atoms with E-state index in [0.29, 0.717) is 6.42 Å². The van der Waals surface area contributed by atoms with Crippen LogP contribution >= 0.6 is 0 Å². The van der Waals surface area contributed by atoms with E-state index in [0.717, 1.165) is 38.9 Å². The normalized spacial score (nSPS) is 10.2. The van der Waals surface area contributed by atoms with Crippen molar-refractivity contribution in [2.24, 2.45) is 0 Å². The minimum atomic E-state index is 0.287. The quantitative estimate of drug-likeness (QED) is 0.646. The predicted octanol–water partition coefficient (Wildman–Crippen LogP) is 1.63. The van der Waals surface area contributed by atoms with Gasteiger partial charge >= 0.3 is 0 Å². The van der Waals surface area contributed by atoms with E-state index in [1.54, 1.807) is 0 Å². The van der Waals surface area contributed by atoms with Crippen molar-refractivity contribution in [1.29, 1.82) is 0 Å². The van der Waals surface area contributed by atoms with Crippen LogP contribution in [0.25, 0.3) is 0 Å². The van der Waals surface area contributed by atoms with E-state index in [9.17, 15) is 4.79 Å². The first kappa shape index (κ1) is 13.4. The molecule has 0 spiro atoms. The first-order valence-corrected chi connectivity index (χ1v) is 5.68. The summed E-state index contributed by atoms with van der Waals surface area (Å²) >= 11 is 0. The Kier molecular flexibility index (Phi) is 8.64. The molecule has 3 nitrogen and oxygen atoms in total. The van der Waals surface area contributed by atoms with Gasteiger partial charge in [0.15, 0.2) is 0 Å². The minimum absolute atomic E-state index is 0.287. The highest BCUT2D eigenvalue weighted by atomic mass is 16.2. The molecule has 0 radical (unpaired) electrons. The Balaban J connectivity index is 3.84. The summed E-state index contributed by atoms with van der Waals surface area (Å²) in [5.41, 5.74) is 0. The third-order valence-electron chi connectivity index (χ3n) is 2.22. The Morgan fingerprint density at radius 1 is 1.21 bits per heavy atom. The van der Waals surface area contributed by atoms with Crippen molar-refractivity contribution in [3.8, 4) is 0 Å². The Hall–Kier alpha value is -0.570. The first-order chi connectivity index (χ1) is 6.76. The second kappa shape index (κ2) is 9.00. The summed E-state index contributed by atoms with van der Waals surface area (Å²) in [6.45, 7) is 6.88. The number of nitrogens with one attached hydrogen (secondary N) is 1. The van der Waals surface area contributed by atoms with Crippen LogP contribution in [0.5, 0.6) is 0 Å². The first-order valence-electron chi connectivity index (χ1n) is 5.68. The molecule has 14 heavy (non-hydrogen) atoms. The number of unbranched alkanes of at least 4 members (excludes halogenated alkanes) is 1. The lowest BCUT2D eigenvalue weighted by molar-refractivity contribution is -0.131. The number of carbonyl (C=O) groups excluding carboxylic acids is 1. The van der Waals surface area contributed by atoms with Crippen molar-refractivity contribution < 1.29 is 4.79 Å². The number of rotatable bonds is 8. The molecule has 0 fully saturated rings. The zero-order valence-corrected chi connectivity index (χ0v) is 9.81. The van der Waals surface area contributed by atoms with Crippen molar-refractivity contribution in [2.75, 3.05) is 26.7 Å². The highest BCUT2D eigenvalue weighted by molar-refractivity contribution is 5.76. The van der Waals surface area contributed by atoms with Crippen LogP contribution in [-0.4, -0.2) is 37.5 Å². The average Bonchev–Trinajstić information content (AvgIpc) is 2.20. The molecular weight excluding hydrogens is 176 g/mol. The molecule has 0 saturated carbocycles. The highest BCUT2D eigenvalue weighted by Gasteiger charge is 2.10. The number of carbonyl (C=O) groups is 1. The lowest BCUT2D eigenvalue weighted by Gasteiger charge is -2.21. The molecule has 3 heteroatoms. The van der Waals surface area contributed by atoms with E-state index in [-0.39, 0.29) is 5.91 Å². The van der Waals surface area contributed by atoms with Crippen LogP contribution in [0.4, 0.5) is 0 Å². The molecule has 0 aliphatic rings. The van der Waals surface area contributed by atoms with Crippen LogP contribution < -0.4 is 5.32 Å². The maximum Gasteiger partial charge on any atom is 0.223 e. The molecule has 0 aromatic rings. The molecule has 0 aliphatic heterocycles. The number of amides is 1. The van der Waals surface area contributed by atoms with Gasteiger partial charge in [0.1, 0.15) is 0 Å². The Morgan fingerprint density at radius 3 is 2.43 bits per heavy atom. The molecular formula is C11H24N2O. The fourth-order valence-corrected chi connectivity index (χ4v) is 1.37. The molecule has 84 valence electrons. The third-order valence-corrected chi connectivity index (χ3v) is 2.22. The summed E-state index contributed by atoms with van der Waals surface area (Å²) in [4.78, 5) is 13.7. The van der Waals surface area contributed by atoms with E-state index in [1.807, 2.05) is 11.9 Å². The number of hydrogen-bond acceptors (Lipinski definition) is 2. The maximum atomic E-state index is 11.7. The van der Waals surface area contributed by atoms with Crippen molar-refractivity contribution in [3.63, 3.8) is 0 Å². The molecule has 1 amide bonds. The van der Waals surface area contributed by atoms with E-state index in [4.69, 9.17) is 0 Å². The van der Waals surface area contributed by atoms with Crippen molar-refractivity contribution in [1.82, 2.24) is 10.2 Å². The molecule has 0 atom stereocenters. The summed E-state index contributed by atoms with van der Waals surface area (Å²) in [5, 5.41) is 3.00. The molecule has 0 aromatic carbocycles. The maximum absolute atomic E-state index is 11.7. The molecule has 0 heterocycles. The zero-order valence-electron chi connectivity index (χ0n) is 9.81. The summed E-state index contributed by atoms with van der Waals surface area (Å²) in [6, 6.07) is 0. The number of nitrogens with zero attached hydrogens (tertiary/aromatic N) is 1. The summed E-state index contributed by atoms with van der Waals surface area (Å²) < 4.78 is 0. The number of hydrogen-bond donors (Lipinski definition) is 1. The largest absolute Gasteiger partial charge is 0.343 e. The van der Waals surface area contributed by atoms with Crippen LogP contribution in [0.1, 0.15) is 39.5 Å². The fourth-order valence-electron chi connectivity index (χ4n) is 1.37. The van der Waals surface area contributed by atoms with Gasteiger partial charge in [0.2, 0.25) is 5.91 Å². The lowest BCUT2D eigenvalue weighted by Crippen LogP contribution is -2.34. The zero-order chi connectivity index (χ0) is 10.8. The Morgan fingerprint density at radius 2 is 1.93 bits per heavy atom. The lowest BCUT2D eigenvalue weighted by atomic mass is 10.2. The fraction of sp³-hybridized carbons (Fsp3) is 0.909. The van der Waals surface area contributed by atoms with Gasteiger partial charge in [-0.05, 0) is 19.9 Å². The smallest absolute Gasteiger partial charge is 0.223 e. The molecule has 0 bridgehead atoms. The standard InChI is InChI=1S/C11H24N2O/c1-4-6-10-13(9-5-2)11(14)7-8-12-3/h12H,4-10H2,1-3H3. The van der Waals surface area contributed by atoms with E-state index >= 15 is 0 Å². The van der Waals surface area contributed by atoms with Crippen molar-refractivity contribution in [2.45, 2.75) is 39.5 Å². The molecule has 1 N–H and O–H groups in total. The van der Waals surface area contributed by atoms with Crippen LogP contribution in [0.15, 0.2) is 0 Å². The van der Waals surface area contributed by atoms with E-state index < -0.39 is 0 Å². The van der Waals surface area contributed by atoms with Crippen molar-refractivity contribution in [3.05, 3.63) is 0 Å². The Bertz CT molecular complexity index is 148. The molecule has 0 rings (SSSR count). The van der Waals surface area contributed by atoms with Gasteiger partial charge in [0.05, 0.1) is 0 Å². The minimum Gasteiger partial charge on any atom is -0.343 e. The van der Waals surface area contributed by atoms with Crippen LogP contribution in [-0.2, 0) is 4.79 Å². The highest BCUT2D eigenvalue weighted by Crippen LogP contribution is 1.99. The van der Waals surface area contributed by atoms with Gasteiger partial charge in [-0.15, -0.1) is 0 Å². The molecule has 0 saturated heterocycles. The average molecular weight is 200 g/mol. The molecule has 0 unspecified atom stereocenters. The van der Waals surface area contributed by atoms with Gasteiger partial charge in [-0.1, -0.05) is 20.3 Å². The Labute approximate surface area is 87.9 Å². The second-order valence-electron chi connectivity index (χ2n) is 3.59. The molecule has 0 aromatic heterocycles.